The van der Waals surface area contributed by atoms with E-state index in [2.05, 4.69) is 10.6 Å². The van der Waals surface area contributed by atoms with Gasteiger partial charge in [0.1, 0.15) is 0 Å². The van der Waals surface area contributed by atoms with Crippen LogP contribution < -0.4 is 10.6 Å². The number of anilines is 1. The fourth-order valence-corrected chi connectivity index (χ4v) is 2.46. The minimum atomic E-state index is -0.504. The maximum absolute atomic E-state index is 12.7. The molecule has 0 aliphatic heterocycles. The van der Waals surface area contributed by atoms with Crippen LogP contribution in [0, 0.1) is 5.41 Å². The predicted octanol–water partition coefficient (Wildman–Crippen LogP) is 4.87. The summed E-state index contributed by atoms with van der Waals surface area (Å²) in [6.45, 7) is 11.5. The first kappa shape index (κ1) is 19.7. The first-order chi connectivity index (χ1) is 12.0. The molecule has 0 aliphatic rings. The molecular formula is C22H28N2O2. The minimum absolute atomic E-state index is 0.0680. The van der Waals surface area contributed by atoms with Crippen molar-refractivity contribution in [1.29, 1.82) is 0 Å². The number of benzene rings is 2. The van der Waals surface area contributed by atoms with E-state index < -0.39 is 5.41 Å². The highest BCUT2D eigenvalue weighted by molar-refractivity contribution is 6.04. The van der Waals surface area contributed by atoms with Gasteiger partial charge < -0.3 is 10.6 Å². The van der Waals surface area contributed by atoms with E-state index in [1.807, 2.05) is 84.0 Å². The Balaban J connectivity index is 2.47. The van der Waals surface area contributed by atoms with E-state index in [1.54, 1.807) is 6.07 Å². The van der Waals surface area contributed by atoms with Gasteiger partial charge in [-0.15, -0.1) is 0 Å². The van der Waals surface area contributed by atoms with Crippen LogP contribution in [-0.4, -0.2) is 17.4 Å². The van der Waals surface area contributed by atoms with Gasteiger partial charge in [0, 0.05) is 27.8 Å². The smallest absolute Gasteiger partial charge is 0.252 e. The van der Waals surface area contributed by atoms with Gasteiger partial charge in [-0.2, -0.15) is 0 Å². The second kappa shape index (κ2) is 7.32. The Labute approximate surface area is 156 Å². The molecule has 2 rings (SSSR count). The maximum Gasteiger partial charge on any atom is 0.252 e. The van der Waals surface area contributed by atoms with Gasteiger partial charge >= 0.3 is 0 Å². The molecule has 0 atom stereocenters. The highest BCUT2D eigenvalue weighted by Gasteiger charge is 2.23. The molecule has 0 aromatic heterocycles. The number of carbonyl (C=O) groups excluding carboxylic acids is 2. The Morgan fingerprint density at radius 2 is 1.31 bits per heavy atom. The summed E-state index contributed by atoms with van der Waals surface area (Å²) in [6.07, 6.45) is 0. The summed E-state index contributed by atoms with van der Waals surface area (Å²) in [5, 5.41) is 6.00. The molecule has 4 nitrogen and oxygen atoms in total. The van der Waals surface area contributed by atoms with Crippen molar-refractivity contribution in [2.24, 2.45) is 5.41 Å². The summed E-state index contributed by atoms with van der Waals surface area (Å²) < 4.78 is 0. The van der Waals surface area contributed by atoms with Crippen molar-refractivity contribution in [3.63, 3.8) is 0 Å². The zero-order valence-electron chi connectivity index (χ0n) is 16.4. The summed E-state index contributed by atoms with van der Waals surface area (Å²) in [5.74, 6) is -0.202. The first-order valence-electron chi connectivity index (χ1n) is 8.81. The van der Waals surface area contributed by atoms with Crippen molar-refractivity contribution in [2.45, 2.75) is 47.1 Å². The van der Waals surface area contributed by atoms with Crippen molar-refractivity contribution in [3.05, 3.63) is 54.1 Å². The number of hydrogen-bond acceptors (Lipinski definition) is 2. The summed E-state index contributed by atoms with van der Waals surface area (Å²) in [5.41, 5.74) is 2.06. The molecule has 2 amide bonds. The molecule has 4 heteroatoms. The highest BCUT2D eigenvalue weighted by atomic mass is 16.2. The maximum atomic E-state index is 12.7. The normalized spacial score (nSPS) is 11.8. The Kier molecular flexibility index (Phi) is 5.55. The standard InChI is InChI=1S/C22H28N2O2/c1-21(2,3)20(26)23-18-14-10-9-12-16(18)15-11-7-8-13-17(15)19(25)24-22(4,5)6/h7-14H,1-6H3,(H,23,26)(H,24,25). The Hall–Kier alpha value is -2.62. The summed E-state index contributed by atoms with van der Waals surface area (Å²) >= 11 is 0. The molecule has 0 heterocycles. The molecule has 0 unspecified atom stereocenters. The fraction of sp³-hybridized carbons (Fsp3) is 0.364. The zero-order chi connectivity index (χ0) is 19.5. The van der Waals surface area contributed by atoms with Crippen LogP contribution in [0.15, 0.2) is 48.5 Å². The SMILES string of the molecule is CC(C)(C)NC(=O)c1ccccc1-c1ccccc1NC(=O)C(C)(C)C. The van der Waals surface area contributed by atoms with Crippen molar-refractivity contribution in [3.8, 4) is 11.1 Å². The van der Waals surface area contributed by atoms with Crippen LogP contribution in [-0.2, 0) is 4.79 Å². The van der Waals surface area contributed by atoms with E-state index >= 15 is 0 Å². The molecule has 138 valence electrons. The van der Waals surface area contributed by atoms with Gasteiger partial charge in [0.25, 0.3) is 5.91 Å². The molecule has 0 spiro atoms. The molecule has 0 saturated heterocycles. The third kappa shape index (κ3) is 4.94. The van der Waals surface area contributed by atoms with Crippen molar-refractivity contribution < 1.29 is 9.59 Å². The number of carbonyl (C=O) groups is 2. The van der Waals surface area contributed by atoms with Gasteiger partial charge in [0.05, 0.1) is 0 Å². The molecule has 0 aliphatic carbocycles. The van der Waals surface area contributed by atoms with Crippen LogP contribution in [0.3, 0.4) is 0 Å². The second-order valence-corrected chi connectivity index (χ2v) is 8.50. The van der Waals surface area contributed by atoms with Crippen LogP contribution >= 0.6 is 0 Å². The lowest BCUT2D eigenvalue weighted by Gasteiger charge is -2.23. The van der Waals surface area contributed by atoms with E-state index in [9.17, 15) is 9.59 Å². The second-order valence-electron chi connectivity index (χ2n) is 8.50. The lowest BCUT2D eigenvalue weighted by molar-refractivity contribution is -0.123. The van der Waals surface area contributed by atoms with E-state index in [0.29, 0.717) is 11.3 Å². The van der Waals surface area contributed by atoms with Crippen LogP contribution in [0.5, 0.6) is 0 Å². The van der Waals surface area contributed by atoms with Gasteiger partial charge in [-0.25, -0.2) is 0 Å². The number of amides is 2. The molecule has 0 saturated carbocycles. The molecule has 2 aromatic rings. The van der Waals surface area contributed by atoms with E-state index in [0.717, 1.165) is 11.1 Å². The molecule has 26 heavy (non-hydrogen) atoms. The average molecular weight is 352 g/mol. The number of para-hydroxylation sites is 1. The molecule has 2 aromatic carbocycles. The highest BCUT2D eigenvalue weighted by Crippen LogP contribution is 2.32. The third-order valence-electron chi connectivity index (χ3n) is 3.81. The van der Waals surface area contributed by atoms with Crippen LogP contribution in [0.4, 0.5) is 5.69 Å². The fourth-order valence-electron chi connectivity index (χ4n) is 2.46. The quantitative estimate of drug-likeness (QED) is 0.828. The number of rotatable bonds is 3. The van der Waals surface area contributed by atoms with E-state index in [1.165, 1.54) is 0 Å². The Morgan fingerprint density at radius 3 is 1.88 bits per heavy atom. The van der Waals surface area contributed by atoms with Crippen molar-refractivity contribution >= 4 is 17.5 Å². The number of hydrogen-bond donors (Lipinski definition) is 2. The van der Waals surface area contributed by atoms with Crippen LogP contribution in [0.1, 0.15) is 51.9 Å². The molecule has 0 radical (unpaired) electrons. The lowest BCUT2D eigenvalue weighted by Crippen LogP contribution is -2.40. The lowest BCUT2D eigenvalue weighted by atomic mass is 9.94. The van der Waals surface area contributed by atoms with E-state index in [-0.39, 0.29) is 17.4 Å². The van der Waals surface area contributed by atoms with Gasteiger partial charge in [-0.3, -0.25) is 9.59 Å². The Morgan fingerprint density at radius 1 is 0.769 bits per heavy atom. The topological polar surface area (TPSA) is 58.2 Å². The van der Waals surface area contributed by atoms with E-state index in [4.69, 9.17) is 0 Å². The molecule has 0 bridgehead atoms. The van der Waals surface area contributed by atoms with Crippen LogP contribution in [0.25, 0.3) is 11.1 Å². The number of nitrogens with one attached hydrogen (secondary N) is 2. The summed E-state index contributed by atoms with van der Waals surface area (Å²) in [6, 6.07) is 15.0. The van der Waals surface area contributed by atoms with Gasteiger partial charge in [-0.05, 0) is 38.5 Å². The first-order valence-corrected chi connectivity index (χ1v) is 8.81. The molecule has 0 fully saturated rings. The van der Waals surface area contributed by atoms with Crippen LogP contribution in [0.2, 0.25) is 0 Å². The zero-order valence-corrected chi connectivity index (χ0v) is 16.4. The monoisotopic (exact) mass is 352 g/mol. The van der Waals surface area contributed by atoms with Gasteiger partial charge in [0.15, 0.2) is 0 Å². The van der Waals surface area contributed by atoms with Crippen molar-refractivity contribution in [2.75, 3.05) is 5.32 Å². The molecular weight excluding hydrogens is 324 g/mol. The molecule has 2 N–H and O–H groups in total. The Bertz CT molecular complexity index is 811. The predicted molar refractivity (Wildman–Crippen MR) is 107 cm³/mol. The van der Waals surface area contributed by atoms with Gasteiger partial charge in [-0.1, -0.05) is 57.2 Å². The largest absolute Gasteiger partial charge is 0.347 e. The summed E-state index contributed by atoms with van der Waals surface area (Å²) in [4.78, 5) is 25.2. The van der Waals surface area contributed by atoms with Gasteiger partial charge in [0.2, 0.25) is 5.91 Å². The minimum Gasteiger partial charge on any atom is -0.347 e. The van der Waals surface area contributed by atoms with Crippen molar-refractivity contribution in [1.82, 2.24) is 5.32 Å². The average Bonchev–Trinajstić information content (AvgIpc) is 2.53. The third-order valence-corrected chi connectivity index (χ3v) is 3.81. The summed E-state index contributed by atoms with van der Waals surface area (Å²) in [7, 11) is 0.